The van der Waals surface area contributed by atoms with Crippen LogP contribution in [-0.4, -0.2) is 20.8 Å². The van der Waals surface area contributed by atoms with Crippen LogP contribution in [0.4, 0.5) is 4.39 Å². The van der Waals surface area contributed by atoms with E-state index in [1.165, 1.54) is 10.7 Å². The lowest BCUT2D eigenvalue weighted by Gasteiger charge is -2.07. The van der Waals surface area contributed by atoms with Crippen LogP contribution in [0.5, 0.6) is 0 Å². The van der Waals surface area contributed by atoms with E-state index < -0.39 is 5.82 Å². The minimum Gasteiger partial charge on any atom is -0.409 e. The first-order valence-electron chi connectivity index (χ1n) is 5.34. The molecule has 2 rings (SSSR count). The number of amidine groups is 1. The number of rotatable bonds is 2. The molecule has 0 saturated heterocycles. The number of hydrogen-bond acceptors (Lipinski definition) is 3. The van der Waals surface area contributed by atoms with Crippen LogP contribution in [0.15, 0.2) is 29.4 Å². The predicted octanol–water partition coefficient (Wildman–Crippen LogP) is 1.72. The van der Waals surface area contributed by atoms with Gasteiger partial charge in [-0.3, -0.25) is 0 Å². The van der Waals surface area contributed by atoms with Crippen LogP contribution in [0.1, 0.15) is 17.0 Å². The normalized spacial score (nSPS) is 11.8. The van der Waals surface area contributed by atoms with Crippen LogP contribution in [0.25, 0.3) is 5.69 Å². The maximum Gasteiger partial charge on any atom is 0.170 e. The van der Waals surface area contributed by atoms with Gasteiger partial charge in [0.15, 0.2) is 5.84 Å². The second-order valence-electron chi connectivity index (χ2n) is 3.99. The molecular weight excluding hydrogens is 235 g/mol. The smallest absolute Gasteiger partial charge is 0.170 e. The Kier molecular flexibility index (Phi) is 3.01. The molecule has 0 amide bonds. The molecule has 5 nitrogen and oxygen atoms in total. The van der Waals surface area contributed by atoms with Crippen LogP contribution in [0.3, 0.4) is 0 Å². The Bertz CT molecular complexity index is 619. The monoisotopic (exact) mass is 248 g/mol. The van der Waals surface area contributed by atoms with Crippen molar-refractivity contribution in [2.45, 2.75) is 13.8 Å². The highest BCUT2D eigenvalue weighted by Gasteiger charge is 2.11. The fraction of sp³-hybridized carbons (Fsp3) is 0.167. The number of oxime groups is 1. The van der Waals surface area contributed by atoms with E-state index in [2.05, 4.69) is 10.3 Å². The average molecular weight is 248 g/mol. The molecule has 0 aliphatic rings. The molecular formula is C12H13FN4O. The van der Waals surface area contributed by atoms with Gasteiger partial charge in [-0.15, -0.1) is 0 Å². The first kappa shape index (κ1) is 12.1. The summed E-state index contributed by atoms with van der Waals surface area (Å²) < 4.78 is 15.5. The van der Waals surface area contributed by atoms with Crippen molar-refractivity contribution in [3.63, 3.8) is 0 Å². The lowest BCUT2D eigenvalue weighted by atomic mass is 10.2. The second-order valence-corrected chi connectivity index (χ2v) is 3.99. The third kappa shape index (κ3) is 2.04. The van der Waals surface area contributed by atoms with Gasteiger partial charge in [0.2, 0.25) is 0 Å². The Morgan fingerprint density at radius 3 is 2.61 bits per heavy atom. The Balaban J connectivity index is 2.51. The van der Waals surface area contributed by atoms with Crippen molar-refractivity contribution in [1.82, 2.24) is 9.78 Å². The van der Waals surface area contributed by atoms with E-state index in [-0.39, 0.29) is 5.84 Å². The fourth-order valence-corrected chi connectivity index (χ4v) is 1.77. The van der Waals surface area contributed by atoms with Crippen molar-refractivity contribution >= 4 is 5.84 Å². The van der Waals surface area contributed by atoms with E-state index in [9.17, 15) is 4.39 Å². The average Bonchev–Trinajstić information content (AvgIpc) is 2.67. The van der Waals surface area contributed by atoms with E-state index in [1.54, 1.807) is 12.1 Å². The summed E-state index contributed by atoms with van der Waals surface area (Å²) in [5, 5.41) is 15.6. The molecule has 0 unspecified atom stereocenters. The van der Waals surface area contributed by atoms with Gasteiger partial charge in [-0.25, -0.2) is 9.07 Å². The molecule has 18 heavy (non-hydrogen) atoms. The number of aromatic nitrogens is 2. The summed E-state index contributed by atoms with van der Waals surface area (Å²) in [5.41, 5.74) is 7.69. The van der Waals surface area contributed by atoms with Gasteiger partial charge >= 0.3 is 0 Å². The molecule has 1 heterocycles. The summed E-state index contributed by atoms with van der Waals surface area (Å²) in [6, 6.07) is 6.18. The van der Waals surface area contributed by atoms with Gasteiger partial charge in [-0.05, 0) is 38.1 Å². The number of nitrogens with two attached hydrogens (primary N) is 1. The zero-order chi connectivity index (χ0) is 13.3. The van der Waals surface area contributed by atoms with Crippen LogP contribution in [-0.2, 0) is 0 Å². The molecule has 94 valence electrons. The topological polar surface area (TPSA) is 76.4 Å². The largest absolute Gasteiger partial charge is 0.409 e. The van der Waals surface area contributed by atoms with Crippen LogP contribution >= 0.6 is 0 Å². The molecule has 3 N–H and O–H groups in total. The standard InChI is InChI=1S/C12H13FN4O/c1-7-5-8(2)17(15-7)11-4-3-9(6-10(11)13)12(14)16-18/h3-6,18H,1-2H3,(H2,14,16). The lowest BCUT2D eigenvalue weighted by Crippen LogP contribution is -2.14. The molecule has 0 atom stereocenters. The van der Waals surface area contributed by atoms with Crippen LogP contribution in [0.2, 0.25) is 0 Å². The molecule has 0 fully saturated rings. The number of halogens is 1. The number of nitrogens with zero attached hydrogens (tertiary/aromatic N) is 3. The Hall–Kier alpha value is -2.37. The molecule has 0 saturated carbocycles. The third-order valence-corrected chi connectivity index (χ3v) is 2.59. The summed E-state index contributed by atoms with van der Waals surface area (Å²) in [6.07, 6.45) is 0. The van der Waals surface area contributed by atoms with Crippen molar-refractivity contribution in [2.24, 2.45) is 10.9 Å². The summed E-state index contributed by atoms with van der Waals surface area (Å²) in [7, 11) is 0. The Labute approximate surface area is 103 Å². The van der Waals surface area contributed by atoms with Crippen molar-refractivity contribution < 1.29 is 9.60 Å². The van der Waals surface area contributed by atoms with E-state index in [1.807, 2.05) is 19.9 Å². The maximum atomic E-state index is 14.0. The lowest BCUT2D eigenvalue weighted by molar-refractivity contribution is 0.318. The SMILES string of the molecule is Cc1cc(C)n(-c2ccc(/C(N)=N/O)cc2F)n1. The minimum absolute atomic E-state index is 0.131. The Morgan fingerprint density at radius 2 is 2.11 bits per heavy atom. The van der Waals surface area contributed by atoms with Gasteiger partial charge in [0.25, 0.3) is 0 Å². The summed E-state index contributed by atoms with van der Waals surface area (Å²) in [5.74, 6) is -0.612. The number of benzene rings is 1. The zero-order valence-electron chi connectivity index (χ0n) is 10.1. The van der Waals surface area contributed by atoms with Crippen molar-refractivity contribution in [3.05, 3.63) is 47.0 Å². The molecule has 1 aromatic carbocycles. The predicted molar refractivity (Wildman–Crippen MR) is 65.5 cm³/mol. The maximum absolute atomic E-state index is 14.0. The van der Waals surface area contributed by atoms with Gasteiger partial charge in [0, 0.05) is 11.3 Å². The van der Waals surface area contributed by atoms with Crippen molar-refractivity contribution in [1.29, 1.82) is 0 Å². The highest BCUT2D eigenvalue weighted by Crippen LogP contribution is 2.17. The first-order chi connectivity index (χ1) is 8.52. The van der Waals surface area contributed by atoms with E-state index in [0.717, 1.165) is 11.4 Å². The van der Waals surface area contributed by atoms with Crippen LogP contribution in [0, 0.1) is 19.7 Å². The molecule has 1 aromatic heterocycles. The van der Waals surface area contributed by atoms with Gasteiger partial charge in [-0.2, -0.15) is 5.10 Å². The summed E-state index contributed by atoms with van der Waals surface area (Å²) >= 11 is 0. The molecule has 0 aliphatic carbocycles. The molecule has 0 radical (unpaired) electrons. The number of hydrogen-bond donors (Lipinski definition) is 2. The zero-order valence-corrected chi connectivity index (χ0v) is 10.1. The van der Waals surface area contributed by atoms with Crippen molar-refractivity contribution in [2.75, 3.05) is 0 Å². The van der Waals surface area contributed by atoms with E-state index in [0.29, 0.717) is 11.3 Å². The molecule has 0 spiro atoms. The van der Waals surface area contributed by atoms with E-state index >= 15 is 0 Å². The number of aryl methyl sites for hydroxylation is 2. The van der Waals surface area contributed by atoms with E-state index in [4.69, 9.17) is 10.9 Å². The Morgan fingerprint density at radius 1 is 1.39 bits per heavy atom. The van der Waals surface area contributed by atoms with Gasteiger partial charge in [0.05, 0.1) is 5.69 Å². The third-order valence-electron chi connectivity index (χ3n) is 2.59. The van der Waals surface area contributed by atoms with Gasteiger partial charge in [-0.1, -0.05) is 5.16 Å². The second kappa shape index (κ2) is 4.48. The highest BCUT2D eigenvalue weighted by molar-refractivity contribution is 5.97. The highest BCUT2D eigenvalue weighted by atomic mass is 19.1. The minimum atomic E-state index is -0.481. The fourth-order valence-electron chi connectivity index (χ4n) is 1.77. The summed E-state index contributed by atoms with van der Waals surface area (Å²) in [4.78, 5) is 0. The quantitative estimate of drug-likeness (QED) is 0.368. The molecule has 6 heteroatoms. The van der Waals surface area contributed by atoms with Gasteiger partial charge < -0.3 is 10.9 Å². The molecule has 0 bridgehead atoms. The molecule has 0 aliphatic heterocycles. The molecule has 2 aromatic rings. The summed E-state index contributed by atoms with van der Waals surface area (Å²) in [6.45, 7) is 3.68. The van der Waals surface area contributed by atoms with Gasteiger partial charge in [0.1, 0.15) is 11.5 Å². The van der Waals surface area contributed by atoms with Crippen molar-refractivity contribution in [3.8, 4) is 5.69 Å². The first-order valence-corrected chi connectivity index (χ1v) is 5.34. The van der Waals surface area contributed by atoms with Crippen LogP contribution < -0.4 is 5.73 Å².